The van der Waals surface area contributed by atoms with Gasteiger partial charge in [-0.1, -0.05) is 43.7 Å². The fraction of sp³-hybridized carbons (Fsp3) is 0.652. The average Bonchev–Trinajstić information content (AvgIpc) is 3.50. The highest BCUT2D eigenvalue weighted by atomic mass is 16.2. The van der Waals surface area contributed by atoms with Crippen molar-refractivity contribution in [2.75, 3.05) is 26.2 Å². The van der Waals surface area contributed by atoms with E-state index in [1.807, 2.05) is 13.8 Å². The first kappa shape index (κ1) is 20.8. The van der Waals surface area contributed by atoms with Crippen molar-refractivity contribution in [3.05, 3.63) is 35.4 Å². The normalized spacial score (nSPS) is 21.4. The number of hydrogen-bond acceptors (Lipinski definition) is 3. The second-order valence-corrected chi connectivity index (χ2v) is 8.94. The largest absolute Gasteiger partial charge is 0.356 e. The van der Waals surface area contributed by atoms with Gasteiger partial charge in [0.15, 0.2) is 0 Å². The molecule has 5 nitrogen and oxygen atoms in total. The van der Waals surface area contributed by atoms with Crippen LogP contribution in [0.5, 0.6) is 0 Å². The molecule has 1 saturated carbocycles. The lowest BCUT2D eigenvalue weighted by Crippen LogP contribution is -2.46. The SMILES string of the molecule is Cc1ccc(C(NC(=O)CN2CCCC(CNC(=O)C(C)C)C2)C2CC2)cc1. The van der Waals surface area contributed by atoms with Crippen LogP contribution in [0.2, 0.25) is 0 Å². The van der Waals surface area contributed by atoms with Crippen molar-refractivity contribution in [3.8, 4) is 0 Å². The van der Waals surface area contributed by atoms with Crippen molar-refractivity contribution in [3.63, 3.8) is 0 Å². The van der Waals surface area contributed by atoms with E-state index in [1.54, 1.807) is 0 Å². The number of carbonyl (C=O) groups excluding carboxylic acids is 2. The van der Waals surface area contributed by atoms with Crippen LogP contribution in [-0.4, -0.2) is 42.9 Å². The van der Waals surface area contributed by atoms with E-state index in [9.17, 15) is 9.59 Å². The Balaban J connectivity index is 1.49. The van der Waals surface area contributed by atoms with Gasteiger partial charge in [0.1, 0.15) is 0 Å². The Morgan fingerprint density at radius 1 is 1.14 bits per heavy atom. The summed E-state index contributed by atoms with van der Waals surface area (Å²) in [5.41, 5.74) is 2.46. The van der Waals surface area contributed by atoms with Crippen molar-refractivity contribution < 1.29 is 9.59 Å². The molecule has 3 rings (SSSR count). The Morgan fingerprint density at radius 2 is 1.86 bits per heavy atom. The summed E-state index contributed by atoms with van der Waals surface area (Å²) >= 11 is 0. The Labute approximate surface area is 169 Å². The minimum Gasteiger partial charge on any atom is -0.356 e. The molecule has 1 aromatic rings. The number of carbonyl (C=O) groups is 2. The third kappa shape index (κ3) is 6.06. The van der Waals surface area contributed by atoms with E-state index in [-0.39, 0.29) is 23.8 Å². The molecule has 2 aliphatic rings. The molecule has 0 aromatic heterocycles. The maximum absolute atomic E-state index is 12.7. The van der Waals surface area contributed by atoms with Crippen molar-refractivity contribution in [2.24, 2.45) is 17.8 Å². The number of benzene rings is 1. The fourth-order valence-corrected chi connectivity index (χ4v) is 4.01. The number of aryl methyl sites for hydroxylation is 1. The van der Waals surface area contributed by atoms with Crippen molar-refractivity contribution in [1.82, 2.24) is 15.5 Å². The summed E-state index contributed by atoms with van der Waals surface area (Å²) in [5.74, 6) is 1.25. The summed E-state index contributed by atoms with van der Waals surface area (Å²) in [5, 5.41) is 6.33. The molecule has 2 fully saturated rings. The first-order valence-corrected chi connectivity index (χ1v) is 10.8. The van der Waals surface area contributed by atoms with E-state index in [0.29, 0.717) is 24.9 Å². The third-order valence-corrected chi connectivity index (χ3v) is 5.91. The molecule has 1 aromatic carbocycles. The molecule has 154 valence electrons. The van der Waals surface area contributed by atoms with Gasteiger partial charge in [0.2, 0.25) is 11.8 Å². The highest BCUT2D eigenvalue weighted by Crippen LogP contribution is 2.41. The molecule has 2 unspecified atom stereocenters. The summed E-state index contributed by atoms with van der Waals surface area (Å²) in [6.45, 7) is 8.91. The highest BCUT2D eigenvalue weighted by Gasteiger charge is 2.33. The lowest BCUT2D eigenvalue weighted by molar-refractivity contribution is -0.125. The summed E-state index contributed by atoms with van der Waals surface area (Å²) in [6.07, 6.45) is 4.59. The molecule has 5 heteroatoms. The van der Waals surface area contributed by atoms with E-state index in [4.69, 9.17) is 0 Å². The molecular weight excluding hydrogens is 350 g/mol. The summed E-state index contributed by atoms with van der Waals surface area (Å²) in [4.78, 5) is 26.8. The molecule has 0 bridgehead atoms. The van der Waals surface area contributed by atoms with E-state index in [0.717, 1.165) is 25.9 Å². The van der Waals surface area contributed by atoms with Crippen LogP contribution in [0.1, 0.15) is 56.7 Å². The quantitative estimate of drug-likeness (QED) is 0.723. The number of likely N-dealkylation sites (tertiary alicyclic amines) is 1. The summed E-state index contributed by atoms with van der Waals surface area (Å²) in [7, 11) is 0. The van der Waals surface area contributed by atoms with Crippen molar-refractivity contribution in [2.45, 2.75) is 52.5 Å². The molecule has 2 atom stereocenters. The maximum Gasteiger partial charge on any atom is 0.234 e. The molecule has 1 aliphatic heterocycles. The van der Waals surface area contributed by atoms with Gasteiger partial charge in [-0.3, -0.25) is 14.5 Å². The Hall–Kier alpha value is -1.88. The fourth-order valence-electron chi connectivity index (χ4n) is 4.01. The molecule has 1 saturated heterocycles. The molecule has 2 amide bonds. The average molecular weight is 386 g/mol. The number of amides is 2. The molecule has 1 heterocycles. The van der Waals surface area contributed by atoms with Gasteiger partial charge < -0.3 is 10.6 Å². The Kier molecular flexibility index (Phi) is 7.11. The lowest BCUT2D eigenvalue weighted by Gasteiger charge is -2.33. The number of hydrogen-bond donors (Lipinski definition) is 2. The van der Waals surface area contributed by atoms with E-state index < -0.39 is 0 Å². The predicted molar refractivity (Wildman–Crippen MR) is 112 cm³/mol. The second kappa shape index (κ2) is 9.55. The van der Waals surface area contributed by atoms with Gasteiger partial charge in [-0.25, -0.2) is 0 Å². The monoisotopic (exact) mass is 385 g/mol. The molecule has 0 spiro atoms. The second-order valence-electron chi connectivity index (χ2n) is 8.94. The molecule has 0 radical (unpaired) electrons. The van der Waals surface area contributed by atoms with Gasteiger partial charge in [-0.2, -0.15) is 0 Å². The van der Waals surface area contributed by atoms with Gasteiger partial charge in [-0.05, 0) is 56.6 Å². The van der Waals surface area contributed by atoms with E-state index in [2.05, 4.69) is 46.7 Å². The van der Waals surface area contributed by atoms with Gasteiger partial charge in [-0.15, -0.1) is 0 Å². The van der Waals surface area contributed by atoms with Crippen LogP contribution in [0.25, 0.3) is 0 Å². The number of nitrogens with one attached hydrogen (secondary N) is 2. The number of nitrogens with zero attached hydrogens (tertiary/aromatic N) is 1. The van der Waals surface area contributed by atoms with Crippen LogP contribution in [0.4, 0.5) is 0 Å². The Morgan fingerprint density at radius 3 is 2.50 bits per heavy atom. The molecule has 28 heavy (non-hydrogen) atoms. The first-order chi connectivity index (χ1) is 13.4. The number of piperidine rings is 1. The highest BCUT2D eigenvalue weighted by molar-refractivity contribution is 5.79. The van der Waals surface area contributed by atoms with Crippen LogP contribution in [-0.2, 0) is 9.59 Å². The van der Waals surface area contributed by atoms with Crippen LogP contribution in [0.15, 0.2) is 24.3 Å². The number of rotatable bonds is 8. The smallest absolute Gasteiger partial charge is 0.234 e. The minimum atomic E-state index is 0.0200. The topological polar surface area (TPSA) is 61.4 Å². The van der Waals surface area contributed by atoms with E-state index >= 15 is 0 Å². The third-order valence-electron chi connectivity index (χ3n) is 5.91. The zero-order valence-corrected chi connectivity index (χ0v) is 17.5. The summed E-state index contributed by atoms with van der Waals surface area (Å²) < 4.78 is 0. The predicted octanol–water partition coefficient (Wildman–Crippen LogP) is 3.05. The van der Waals surface area contributed by atoms with E-state index in [1.165, 1.54) is 24.0 Å². The maximum atomic E-state index is 12.7. The van der Waals surface area contributed by atoms with Crippen molar-refractivity contribution in [1.29, 1.82) is 0 Å². The molecule has 2 N–H and O–H groups in total. The standard InChI is InChI=1S/C23H35N3O2/c1-16(2)23(28)24-13-18-5-4-12-26(14-18)15-21(27)25-22(20-10-11-20)19-8-6-17(3)7-9-19/h6-9,16,18,20,22H,4-5,10-15H2,1-3H3,(H,24,28)(H,25,27). The van der Waals surface area contributed by atoms with Gasteiger partial charge in [0.05, 0.1) is 12.6 Å². The van der Waals surface area contributed by atoms with Gasteiger partial charge in [0.25, 0.3) is 0 Å². The molecule has 1 aliphatic carbocycles. The van der Waals surface area contributed by atoms with Crippen LogP contribution < -0.4 is 10.6 Å². The summed E-state index contributed by atoms with van der Waals surface area (Å²) in [6, 6.07) is 8.67. The van der Waals surface area contributed by atoms with Crippen LogP contribution in [0, 0.1) is 24.7 Å². The van der Waals surface area contributed by atoms with Crippen molar-refractivity contribution >= 4 is 11.8 Å². The zero-order valence-electron chi connectivity index (χ0n) is 17.5. The van der Waals surface area contributed by atoms with Crippen LogP contribution in [0.3, 0.4) is 0 Å². The van der Waals surface area contributed by atoms with Gasteiger partial charge >= 0.3 is 0 Å². The van der Waals surface area contributed by atoms with Gasteiger partial charge in [0, 0.05) is 19.0 Å². The Bertz CT molecular complexity index is 667. The zero-order chi connectivity index (χ0) is 20.1. The lowest BCUT2D eigenvalue weighted by atomic mass is 9.97. The minimum absolute atomic E-state index is 0.0200. The first-order valence-electron chi connectivity index (χ1n) is 10.8. The van der Waals surface area contributed by atoms with Crippen LogP contribution >= 0.6 is 0 Å². The molecular formula is C23H35N3O2.